The highest BCUT2D eigenvalue weighted by atomic mass is 35.5. The van der Waals surface area contributed by atoms with Gasteiger partial charge in [-0.15, -0.1) is 0 Å². The number of nitrogens with zero attached hydrogens (tertiary/aromatic N) is 1. The van der Waals surface area contributed by atoms with Crippen molar-refractivity contribution in [1.29, 1.82) is 0 Å². The van der Waals surface area contributed by atoms with Crippen molar-refractivity contribution in [2.24, 2.45) is 5.10 Å². The van der Waals surface area contributed by atoms with E-state index in [4.69, 9.17) is 23.2 Å². The molecule has 7 heteroatoms. The first-order valence-corrected chi connectivity index (χ1v) is 7.21. The SMILES string of the molecule is O=S1(=O)C=CC(N/N=C/c2cc(Cl)cc(Cl)c2)=C1. The maximum absolute atomic E-state index is 11.1. The van der Waals surface area contributed by atoms with E-state index in [1.165, 1.54) is 12.3 Å². The van der Waals surface area contributed by atoms with Crippen molar-refractivity contribution < 1.29 is 8.42 Å². The molecule has 0 spiro atoms. The van der Waals surface area contributed by atoms with Crippen LogP contribution in [0.25, 0.3) is 0 Å². The zero-order valence-electron chi connectivity index (χ0n) is 8.97. The number of hydrazone groups is 1. The van der Waals surface area contributed by atoms with Crippen molar-refractivity contribution >= 4 is 39.3 Å². The Hall–Kier alpha value is -1.30. The molecule has 0 unspecified atom stereocenters. The third kappa shape index (κ3) is 3.60. The van der Waals surface area contributed by atoms with E-state index in [9.17, 15) is 8.42 Å². The van der Waals surface area contributed by atoms with E-state index >= 15 is 0 Å². The monoisotopic (exact) mass is 302 g/mol. The Balaban J connectivity index is 2.07. The first kappa shape index (κ1) is 13.1. The largest absolute Gasteiger partial charge is 0.278 e. The molecule has 1 aromatic carbocycles. The number of hydrogen-bond donors (Lipinski definition) is 1. The molecular weight excluding hydrogens is 295 g/mol. The van der Waals surface area contributed by atoms with Crippen LogP contribution < -0.4 is 5.43 Å². The van der Waals surface area contributed by atoms with Gasteiger partial charge in [-0.05, 0) is 29.8 Å². The molecule has 0 saturated carbocycles. The van der Waals surface area contributed by atoms with Crippen molar-refractivity contribution in [1.82, 2.24) is 5.43 Å². The fraction of sp³-hybridized carbons (Fsp3) is 0. The molecule has 4 nitrogen and oxygen atoms in total. The van der Waals surface area contributed by atoms with Gasteiger partial charge in [0.15, 0.2) is 9.84 Å². The Morgan fingerprint density at radius 3 is 2.39 bits per heavy atom. The lowest BCUT2D eigenvalue weighted by Gasteiger charge is -1.98. The Bertz CT molecular complexity index is 643. The average molecular weight is 303 g/mol. The molecule has 1 aliphatic heterocycles. The van der Waals surface area contributed by atoms with Gasteiger partial charge in [0.25, 0.3) is 0 Å². The number of halogens is 2. The van der Waals surface area contributed by atoms with Crippen molar-refractivity contribution in [3.8, 4) is 0 Å². The van der Waals surface area contributed by atoms with Gasteiger partial charge in [-0.2, -0.15) is 5.10 Å². The molecule has 0 aromatic heterocycles. The van der Waals surface area contributed by atoms with Gasteiger partial charge in [-0.25, -0.2) is 8.42 Å². The smallest absolute Gasteiger partial charge is 0.195 e. The molecule has 1 heterocycles. The van der Waals surface area contributed by atoms with Gasteiger partial charge in [-0.3, -0.25) is 5.43 Å². The fourth-order valence-electron chi connectivity index (χ4n) is 1.32. The van der Waals surface area contributed by atoms with Gasteiger partial charge >= 0.3 is 0 Å². The second-order valence-electron chi connectivity index (χ2n) is 3.54. The number of allylic oxidation sites excluding steroid dienone is 1. The first-order valence-electron chi connectivity index (χ1n) is 4.85. The minimum atomic E-state index is -3.23. The number of nitrogens with one attached hydrogen (secondary N) is 1. The fourth-order valence-corrected chi connectivity index (χ4v) is 2.76. The van der Waals surface area contributed by atoms with E-state index < -0.39 is 9.84 Å². The van der Waals surface area contributed by atoms with Crippen molar-refractivity contribution in [3.63, 3.8) is 0 Å². The summed E-state index contributed by atoms with van der Waals surface area (Å²) in [5.74, 6) is 0. The Kier molecular flexibility index (Phi) is 3.75. The molecule has 0 atom stereocenters. The highest BCUT2D eigenvalue weighted by Gasteiger charge is 2.09. The third-order valence-corrected chi connectivity index (χ3v) is 3.56. The lowest BCUT2D eigenvalue weighted by molar-refractivity contribution is 0.613. The highest BCUT2D eigenvalue weighted by Crippen LogP contribution is 2.18. The molecule has 94 valence electrons. The first-order chi connectivity index (χ1) is 8.44. The van der Waals surface area contributed by atoms with Crippen molar-refractivity contribution in [2.45, 2.75) is 0 Å². The maximum Gasteiger partial charge on any atom is 0.195 e. The van der Waals surface area contributed by atoms with Crippen LogP contribution in [0, 0.1) is 0 Å². The highest BCUT2D eigenvalue weighted by molar-refractivity contribution is 7.97. The van der Waals surface area contributed by atoms with E-state index in [1.807, 2.05) is 0 Å². The van der Waals surface area contributed by atoms with Gasteiger partial charge in [0.05, 0.1) is 17.3 Å². The maximum atomic E-state index is 11.1. The second kappa shape index (κ2) is 5.14. The van der Waals surface area contributed by atoms with Gasteiger partial charge in [0.2, 0.25) is 0 Å². The van der Waals surface area contributed by atoms with Gasteiger partial charge in [0, 0.05) is 15.5 Å². The molecule has 0 saturated heterocycles. The van der Waals surface area contributed by atoms with Gasteiger partial charge < -0.3 is 0 Å². The summed E-state index contributed by atoms with van der Waals surface area (Å²) in [6.45, 7) is 0. The minimum absolute atomic E-state index is 0.402. The summed E-state index contributed by atoms with van der Waals surface area (Å²) in [5, 5.41) is 7.10. The Morgan fingerprint density at radius 1 is 1.17 bits per heavy atom. The van der Waals surface area contributed by atoms with E-state index in [-0.39, 0.29) is 0 Å². The summed E-state index contributed by atoms with van der Waals surface area (Å²) in [6.07, 6.45) is 2.93. The summed E-state index contributed by atoms with van der Waals surface area (Å²) in [6, 6.07) is 4.99. The Labute approximate surface area is 115 Å². The molecule has 1 aromatic rings. The molecule has 0 fully saturated rings. The molecule has 1 aliphatic rings. The number of hydrogen-bond acceptors (Lipinski definition) is 4. The lowest BCUT2D eigenvalue weighted by atomic mass is 10.2. The molecule has 0 radical (unpaired) electrons. The molecule has 1 N–H and O–H groups in total. The Morgan fingerprint density at radius 2 is 1.83 bits per heavy atom. The number of benzene rings is 1. The van der Waals surface area contributed by atoms with Crippen LogP contribution in [-0.4, -0.2) is 14.6 Å². The van der Waals surface area contributed by atoms with E-state index in [2.05, 4.69) is 10.5 Å². The van der Waals surface area contributed by atoms with Crippen LogP contribution in [-0.2, 0) is 9.84 Å². The van der Waals surface area contributed by atoms with Crippen molar-refractivity contribution in [3.05, 3.63) is 56.4 Å². The quantitative estimate of drug-likeness (QED) is 0.690. The zero-order chi connectivity index (χ0) is 13.2. The van der Waals surface area contributed by atoms with Crippen LogP contribution >= 0.6 is 23.2 Å². The summed E-state index contributed by atoms with van der Waals surface area (Å²) in [7, 11) is -3.23. The molecular formula is C11H8Cl2N2O2S. The van der Waals surface area contributed by atoms with Gasteiger partial charge in [0.1, 0.15) is 0 Å². The topological polar surface area (TPSA) is 58.5 Å². The molecule has 18 heavy (non-hydrogen) atoms. The predicted molar refractivity (Wildman–Crippen MR) is 73.3 cm³/mol. The zero-order valence-corrected chi connectivity index (χ0v) is 11.3. The lowest BCUT2D eigenvalue weighted by Crippen LogP contribution is -2.02. The van der Waals surface area contributed by atoms with Crippen LogP contribution in [0.15, 0.2) is 45.9 Å². The minimum Gasteiger partial charge on any atom is -0.278 e. The van der Waals surface area contributed by atoms with E-state index in [0.717, 1.165) is 10.8 Å². The van der Waals surface area contributed by atoms with Crippen LogP contribution in [0.3, 0.4) is 0 Å². The van der Waals surface area contributed by atoms with Crippen LogP contribution in [0.4, 0.5) is 0 Å². The van der Waals surface area contributed by atoms with E-state index in [0.29, 0.717) is 21.3 Å². The van der Waals surface area contributed by atoms with Crippen LogP contribution in [0.2, 0.25) is 10.0 Å². The summed E-state index contributed by atoms with van der Waals surface area (Å²) in [4.78, 5) is 0. The predicted octanol–water partition coefficient (Wildman–Crippen LogP) is 2.70. The average Bonchev–Trinajstić information content (AvgIpc) is 2.57. The van der Waals surface area contributed by atoms with Gasteiger partial charge in [-0.1, -0.05) is 23.2 Å². The number of rotatable bonds is 3. The van der Waals surface area contributed by atoms with Crippen LogP contribution in [0.5, 0.6) is 0 Å². The normalized spacial score (nSPS) is 17.1. The van der Waals surface area contributed by atoms with E-state index in [1.54, 1.807) is 18.2 Å². The summed E-state index contributed by atoms with van der Waals surface area (Å²) < 4.78 is 22.1. The summed E-state index contributed by atoms with van der Waals surface area (Å²) in [5.41, 5.74) is 3.72. The number of sulfone groups is 1. The van der Waals surface area contributed by atoms with Crippen molar-refractivity contribution in [2.75, 3.05) is 0 Å². The standard InChI is InChI=1S/C11H8Cl2N2O2S/c12-9-3-8(4-10(13)5-9)6-14-15-11-1-2-18(16,17)7-11/h1-7,15H/b14-6+. The molecule has 0 amide bonds. The molecule has 0 aliphatic carbocycles. The molecule has 0 bridgehead atoms. The summed E-state index contributed by atoms with van der Waals surface area (Å²) >= 11 is 11.7. The molecule has 2 rings (SSSR count). The second-order valence-corrected chi connectivity index (χ2v) is 6.10. The van der Waals surface area contributed by atoms with Crippen LogP contribution in [0.1, 0.15) is 5.56 Å². The third-order valence-electron chi connectivity index (χ3n) is 2.02.